The number of guanidine groups is 1. The Kier molecular flexibility index (Phi) is 9.99. The number of carbonyl (C=O) groups is 1. The average Bonchev–Trinajstić information content (AvgIpc) is 2.44. The van der Waals surface area contributed by atoms with Crippen molar-refractivity contribution in [1.29, 1.82) is 5.41 Å². The van der Waals surface area contributed by atoms with Gasteiger partial charge < -0.3 is 45.7 Å². The van der Waals surface area contributed by atoms with Crippen molar-refractivity contribution < 1.29 is 34.1 Å². The fraction of sp³-hybridized carbons (Fsp3) is 0.833. The minimum Gasteiger partial charge on any atom is -0.480 e. The number of aliphatic carboxylic acids is 1. The highest BCUT2D eigenvalue weighted by Crippen LogP contribution is 2.08. The molecule has 0 bridgehead atoms. The van der Waals surface area contributed by atoms with Crippen molar-refractivity contribution in [1.82, 2.24) is 4.90 Å². The van der Waals surface area contributed by atoms with Crippen LogP contribution in [0, 0.1) is 5.41 Å². The summed E-state index contributed by atoms with van der Waals surface area (Å²) in [6, 6.07) is -1.01. The zero-order valence-corrected chi connectivity index (χ0v) is 14.6. The smallest absolute Gasteiger partial charge is 0.480 e. The molecular formula is C12H28N4O7Si. The van der Waals surface area contributed by atoms with Crippen molar-refractivity contribution in [2.24, 2.45) is 11.5 Å². The Labute approximate surface area is 141 Å². The number of rotatable bonds is 12. The number of nitrogens with one attached hydrogen (secondary N) is 1. The van der Waals surface area contributed by atoms with E-state index in [2.05, 4.69) is 0 Å². The lowest BCUT2D eigenvalue weighted by Gasteiger charge is -2.27. The van der Waals surface area contributed by atoms with Crippen molar-refractivity contribution in [2.45, 2.75) is 44.1 Å². The first-order valence-electron chi connectivity index (χ1n) is 7.53. The number of carboxylic acid groups (broad SMARTS) is 1. The standard InChI is InChI=1S/C12H28N4O7Si/c1-2-10(24(20,21)22)23-7-8(17)6-16(12(14)15)5-3-4-9(13)11(18)19/h8-10,17,20-22H,2-7,13H2,1H3,(H3,14,15)(H,18,19). The van der Waals surface area contributed by atoms with Gasteiger partial charge >= 0.3 is 14.8 Å². The molecule has 0 spiro atoms. The maximum atomic E-state index is 10.6. The van der Waals surface area contributed by atoms with Crippen molar-refractivity contribution in [2.75, 3.05) is 19.7 Å². The van der Waals surface area contributed by atoms with Crippen molar-refractivity contribution >= 4 is 20.7 Å². The molecule has 0 heterocycles. The van der Waals surface area contributed by atoms with Crippen LogP contribution >= 0.6 is 0 Å². The van der Waals surface area contributed by atoms with Crippen molar-refractivity contribution in [3.8, 4) is 0 Å². The normalized spacial score (nSPS) is 15.6. The quantitative estimate of drug-likeness (QED) is 0.0993. The number of aliphatic hydroxyl groups excluding tert-OH is 1. The van der Waals surface area contributed by atoms with Crippen LogP contribution in [-0.4, -0.2) is 87.8 Å². The number of nitrogens with two attached hydrogens (primary N) is 2. The predicted octanol–water partition coefficient (Wildman–Crippen LogP) is -3.01. The molecule has 3 unspecified atom stereocenters. The molecule has 0 rings (SSSR count). The zero-order valence-electron chi connectivity index (χ0n) is 13.6. The molecule has 0 aliphatic heterocycles. The molecule has 0 aromatic heterocycles. The molecule has 0 radical (unpaired) electrons. The molecule has 0 aromatic rings. The van der Waals surface area contributed by atoms with Gasteiger partial charge in [-0.25, -0.2) is 0 Å². The highest BCUT2D eigenvalue weighted by atomic mass is 28.4. The second kappa shape index (κ2) is 10.6. The number of hydrogen-bond acceptors (Lipinski definition) is 8. The van der Waals surface area contributed by atoms with E-state index < -0.39 is 32.6 Å². The third-order valence-corrected chi connectivity index (χ3v) is 4.76. The van der Waals surface area contributed by atoms with E-state index in [4.69, 9.17) is 26.7 Å². The Morgan fingerprint density at radius 3 is 2.38 bits per heavy atom. The molecule has 0 fully saturated rings. The molecule has 0 saturated carbocycles. The fourth-order valence-electron chi connectivity index (χ4n) is 1.97. The molecule has 0 saturated heterocycles. The van der Waals surface area contributed by atoms with Gasteiger partial charge in [0.2, 0.25) is 0 Å². The van der Waals surface area contributed by atoms with Crippen LogP contribution in [0.4, 0.5) is 0 Å². The van der Waals surface area contributed by atoms with E-state index >= 15 is 0 Å². The molecule has 3 atom stereocenters. The van der Waals surface area contributed by atoms with Gasteiger partial charge in [-0.2, -0.15) is 0 Å². The number of hydrogen-bond donors (Lipinski definition) is 8. The van der Waals surface area contributed by atoms with Crippen LogP contribution in [-0.2, 0) is 9.53 Å². The minimum absolute atomic E-state index is 0.0646. The summed E-state index contributed by atoms with van der Waals surface area (Å²) in [7, 11) is -4.44. The van der Waals surface area contributed by atoms with Crippen LogP contribution in [0.3, 0.4) is 0 Å². The molecule has 10 N–H and O–H groups in total. The molecule has 11 nitrogen and oxygen atoms in total. The first-order valence-corrected chi connectivity index (χ1v) is 9.45. The van der Waals surface area contributed by atoms with E-state index in [0.29, 0.717) is 6.42 Å². The van der Waals surface area contributed by atoms with Crippen LogP contribution in [0.15, 0.2) is 0 Å². The first kappa shape index (κ1) is 22.7. The zero-order chi connectivity index (χ0) is 18.9. The topological polar surface area (TPSA) is 207 Å². The maximum Gasteiger partial charge on any atom is 0.523 e. The molecule has 0 aliphatic rings. The predicted molar refractivity (Wildman–Crippen MR) is 86.8 cm³/mol. The summed E-state index contributed by atoms with van der Waals surface area (Å²) in [5.41, 5.74) is 9.63. The molecule has 0 aliphatic carbocycles. The molecule has 0 amide bonds. The summed E-state index contributed by atoms with van der Waals surface area (Å²) in [4.78, 5) is 39.5. The third-order valence-electron chi connectivity index (χ3n) is 3.32. The largest absolute Gasteiger partial charge is 0.523 e. The summed E-state index contributed by atoms with van der Waals surface area (Å²) >= 11 is 0. The van der Waals surface area contributed by atoms with Crippen LogP contribution in [0.1, 0.15) is 26.2 Å². The minimum atomic E-state index is -4.44. The molecule has 142 valence electrons. The lowest BCUT2D eigenvalue weighted by atomic mass is 10.1. The van der Waals surface area contributed by atoms with E-state index in [0.717, 1.165) is 0 Å². The summed E-state index contributed by atoms with van der Waals surface area (Å²) in [5, 5.41) is 26.1. The molecular weight excluding hydrogens is 340 g/mol. The van der Waals surface area contributed by atoms with E-state index in [1.54, 1.807) is 6.92 Å². The average molecular weight is 368 g/mol. The maximum absolute atomic E-state index is 10.6. The number of ether oxygens (including phenoxy) is 1. The van der Waals surface area contributed by atoms with E-state index in [1.807, 2.05) is 0 Å². The lowest BCUT2D eigenvalue weighted by Crippen LogP contribution is -2.51. The summed E-state index contributed by atoms with van der Waals surface area (Å²) in [6.07, 6.45) is -0.381. The van der Waals surface area contributed by atoms with E-state index in [-0.39, 0.29) is 38.5 Å². The second-order valence-corrected chi connectivity index (χ2v) is 7.51. The first-order chi connectivity index (χ1) is 11.0. The van der Waals surface area contributed by atoms with Crippen molar-refractivity contribution in [3.05, 3.63) is 0 Å². The number of carboxylic acids is 1. The van der Waals surface area contributed by atoms with Crippen LogP contribution in [0.25, 0.3) is 0 Å². The van der Waals surface area contributed by atoms with Gasteiger partial charge in [0.05, 0.1) is 12.7 Å². The van der Waals surface area contributed by atoms with Crippen LogP contribution in [0.5, 0.6) is 0 Å². The van der Waals surface area contributed by atoms with Gasteiger partial charge in [0.25, 0.3) is 0 Å². The Bertz CT molecular complexity index is 407. The van der Waals surface area contributed by atoms with Crippen molar-refractivity contribution in [3.63, 3.8) is 0 Å². The van der Waals surface area contributed by atoms with Gasteiger partial charge in [-0.15, -0.1) is 0 Å². The molecule has 24 heavy (non-hydrogen) atoms. The number of nitrogens with zero attached hydrogens (tertiary/aromatic N) is 1. The Morgan fingerprint density at radius 1 is 1.38 bits per heavy atom. The highest BCUT2D eigenvalue weighted by Gasteiger charge is 2.39. The van der Waals surface area contributed by atoms with Crippen LogP contribution < -0.4 is 11.5 Å². The Balaban J connectivity index is 4.35. The highest BCUT2D eigenvalue weighted by molar-refractivity contribution is 6.57. The number of aliphatic hydroxyl groups is 1. The lowest BCUT2D eigenvalue weighted by molar-refractivity contribution is -0.138. The van der Waals surface area contributed by atoms with Gasteiger partial charge in [-0.3, -0.25) is 10.2 Å². The SMILES string of the molecule is CCC(OCC(O)CN(CCCC(N)C(=O)O)C(=N)N)[Si](O)(O)O. The van der Waals surface area contributed by atoms with E-state index in [1.165, 1.54) is 4.90 Å². The fourth-order valence-corrected chi connectivity index (χ4v) is 2.84. The van der Waals surface area contributed by atoms with Gasteiger partial charge in [0, 0.05) is 13.1 Å². The third kappa shape index (κ3) is 9.12. The molecule has 0 aromatic carbocycles. The van der Waals surface area contributed by atoms with E-state index in [9.17, 15) is 24.3 Å². The Morgan fingerprint density at radius 2 is 1.96 bits per heavy atom. The van der Waals surface area contributed by atoms with Gasteiger partial charge in [-0.05, 0) is 19.3 Å². The summed E-state index contributed by atoms with van der Waals surface area (Å²) in [5.74, 6) is -1.42. The van der Waals surface area contributed by atoms with Gasteiger partial charge in [-0.1, -0.05) is 6.92 Å². The Hall–Kier alpha value is -1.28. The second-order valence-electron chi connectivity index (χ2n) is 5.49. The van der Waals surface area contributed by atoms with Gasteiger partial charge in [0.1, 0.15) is 11.8 Å². The van der Waals surface area contributed by atoms with Crippen LogP contribution in [0.2, 0.25) is 0 Å². The summed E-state index contributed by atoms with van der Waals surface area (Å²) in [6.45, 7) is 1.47. The van der Waals surface area contributed by atoms with Gasteiger partial charge in [0.15, 0.2) is 5.96 Å². The summed E-state index contributed by atoms with van der Waals surface area (Å²) < 4.78 is 5.10. The monoisotopic (exact) mass is 368 g/mol. The molecule has 12 heteroatoms.